The van der Waals surface area contributed by atoms with Crippen LogP contribution in [0.15, 0.2) is 67.1 Å². The van der Waals surface area contributed by atoms with E-state index in [0.717, 1.165) is 29.5 Å². The molecule has 200 valence electrons. The summed E-state index contributed by atoms with van der Waals surface area (Å²) in [6.07, 6.45) is 7.15. The molecule has 9 heteroatoms. The smallest absolute Gasteiger partial charge is 0.337 e. The molecule has 0 fully saturated rings. The molecular formula is C30H31N5O4. The number of carbonyl (C=O) groups is 2. The Bertz CT molecular complexity index is 1460. The number of nitrogens with one attached hydrogen (secondary N) is 1. The van der Waals surface area contributed by atoms with Crippen LogP contribution in [0.25, 0.3) is 22.4 Å². The van der Waals surface area contributed by atoms with Crippen molar-refractivity contribution in [2.75, 3.05) is 12.4 Å². The summed E-state index contributed by atoms with van der Waals surface area (Å²) >= 11 is 0. The molecule has 2 heterocycles. The van der Waals surface area contributed by atoms with Crippen molar-refractivity contribution in [2.24, 2.45) is 0 Å². The van der Waals surface area contributed by atoms with Crippen LogP contribution in [-0.2, 0) is 33.7 Å². The van der Waals surface area contributed by atoms with Gasteiger partial charge in [-0.15, -0.1) is 0 Å². The fourth-order valence-corrected chi connectivity index (χ4v) is 4.70. The fourth-order valence-electron chi connectivity index (χ4n) is 4.70. The average molecular weight is 526 g/mol. The van der Waals surface area contributed by atoms with E-state index in [1.807, 2.05) is 20.8 Å². The highest BCUT2D eigenvalue weighted by atomic mass is 16.6. The van der Waals surface area contributed by atoms with E-state index in [4.69, 9.17) is 9.47 Å². The summed E-state index contributed by atoms with van der Waals surface area (Å²) in [6.45, 7) is 5.42. The van der Waals surface area contributed by atoms with Crippen molar-refractivity contribution in [1.29, 1.82) is 0 Å². The maximum atomic E-state index is 12.5. The summed E-state index contributed by atoms with van der Waals surface area (Å²) in [5, 5.41) is 8.12. The zero-order chi connectivity index (χ0) is 27.6. The molecule has 0 atom stereocenters. The van der Waals surface area contributed by atoms with Crippen molar-refractivity contribution in [1.82, 2.24) is 19.7 Å². The summed E-state index contributed by atoms with van der Waals surface area (Å²) in [4.78, 5) is 33.5. The number of carbonyl (C=O) groups excluding carboxylic acids is 2. The maximum Gasteiger partial charge on any atom is 0.337 e. The van der Waals surface area contributed by atoms with Gasteiger partial charge in [-0.05, 0) is 56.9 Å². The Morgan fingerprint density at radius 2 is 1.62 bits per heavy atom. The molecule has 2 aromatic heterocycles. The molecule has 0 aliphatic heterocycles. The van der Waals surface area contributed by atoms with E-state index in [9.17, 15) is 9.59 Å². The molecule has 1 N–H and O–H groups in total. The first-order chi connectivity index (χ1) is 18.7. The molecule has 0 amide bonds. The molecule has 4 aromatic rings. The molecule has 0 unspecified atom stereocenters. The Labute approximate surface area is 227 Å². The normalized spacial score (nSPS) is 13.1. The van der Waals surface area contributed by atoms with E-state index < -0.39 is 17.5 Å². The predicted molar refractivity (Wildman–Crippen MR) is 147 cm³/mol. The van der Waals surface area contributed by atoms with Gasteiger partial charge in [0.2, 0.25) is 5.95 Å². The standard InChI is InChI=1S/C30H31N5O4/c1-30(2,3)39-26(36)18-35-17-25(27(34-35)19-9-11-20(12-10-19)28(37)38-4)23-15-31-29(32-16-23)33-24-13-21-7-5-6-8-22(21)14-24/h5-12,15-17,24H,13-14,18H2,1-4H3,(H,31,32,33). The molecule has 39 heavy (non-hydrogen) atoms. The number of hydrogen-bond acceptors (Lipinski definition) is 8. The number of fused-ring (bicyclic) bond motifs is 1. The second-order valence-corrected chi connectivity index (χ2v) is 10.6. The predicted octanol–water partition coefficient (Wildman–Crippen LogP) is 4.71. The first-order valence-electron chi connectivity index (χ1n) is 12.8. The first kappa shape index (κ1) is 26.1. The molecule has 1 aliphatic carbocycles. The third-order valence-electron chi connectivity index (χ3n) is 6.40. The Morgan fingerprint density at radius 1 is 0.974 bits per heavy atom. The van der Waals surface area contributed by atoms with Gasteiger partial charge in [0.25, 0.3) is 0 Å². The van der Waals surface area contributed by atoms with Crippen molar-refractivity contribution in [3.05, 3.63) is 83.8 Å². The quantitative estimate of drug-likeness (QED) is 0.346. The maximum absolute atomic E-state index is 12.5. The van der Waals surface area contributed by atoms with E-state index >= 15 is 0 Å². The molecule has 9 nitrogen and oxygen atoms in total. The molecule has 2 aromatic carbocycles. The van der Waals surface area contributed by atoms with Gasteiger partial charge in [-0.3, -0.25) is 9.48 Å². The van der Waals surface area contributed by atoms with Gasteiger partial charge < -0.3 is 14.8 Å². The van der Waals surface area contributed by atoms with Gasteiger partial charge in [0.15, 0.2) is 0 Å². The minimum atomic E-state index is -0.600. The van der Waals surface area contributed by atoms with Crippen LogP contribution in [0.4, 0.5) is 5.95 Å². The molecule has 0 radical (unpaired) electrons. The van der Waals surface area contributed by atoms with Crippen LogP contribution in [0.3, 0.4) is 0 Å². The van der Waals surface area contributed by atoms with Crippen LogP contribution in [0.1, 0.15) is 42.3 Å². The van der Waals surface area contributed by atoms with Crippen LogP contribution in [0.2, 0.25) is 0 Å². The Morgan fingerprint density at radius 3 is 2.21 bits per heavy atom. The second-order valence-electron chi connectivity index (χ2n) is 10.6. The summed E-state index contributed by atoms with van der Waals surface area (Å²) in [7, 11) is 1.34. The van der Waals surface area contributed by atoms with Crippen LogP contribution in [0, 0.1) is 0 Å². The van der Waals surface area contributed by atoms with Gasteiger partial charge >= 0.3 is 11.9 Å². The SMILES string of the molecule is COC(=O)c1ccc(-c2nn(CC(=O)OC(C)(C)C)cc2-c2cnc(NC3Cc4ccccc4C3)nc2)cc1. The lowest BCUT2D eigenvalue weighted by molar-refractivity contribution is -0.155. The molecular weight excluding hydrogens is 494 g/mol. The zero-order valence-corrected chi connectivity index (χ0v) is 22.5. The number of aromatic nitrogens is 4. The van der Waals surface area contributed by atoms with E-state index in [1.54, 1.807) is 47.5 Å². The minimum absolute atomic E-state index is 0.0484. The number of methoxy groups -OCH3 is 1. The van der Waals surface area contributed by atoms with Gasteiger partial charge in [-0.25, -0.2) is 14.8 Å². The first-order valence-corrected chi connectivity index (χ1v) is 12.8. The molecule has 0 spiro atoms. The van der Waals surface area contributed by atoms with Crippen molar-refractivity contribution < 1.29 is 19.1 Å². The lowest BCUT2D eigenvalue weighted by Gasteiger charge is -2.19. The van der Waals surface area contributed by atoms with Gasteiger partial charge in [0, 0.05) is 41.3 Å². The minimum Gasteiger partial charge on any atom is -0.465 e. The highest BCUT2D eigenvalue weighted by Gasteiger charge is 2.22. The number of esters is 2. The number of anilines is 1. The summed E-state index contributed by atoms with van der Waals surface area (Å²) < 4.78 is 11.8. The Hall–Kier alpha value is -4.53. The lowest BCUT2D eigenvalue weighted by atomic mass is 10.0. The van der Waals surface area contributed by atoms with Crippen LogP contribution in [0.5, 0.6) is 0 Å². The molecule has 0 saturated carbocycles. The zero-order valence-electron chi connectivity index (χ0n) is 22.5. The third kappa shape index (κ3) is 6.14. The second kappa shape index (κ2) is 10.7. The monoisotopic (exact) mass is 525 g/mol. The number of rotatable bonds is 7. The van der Waals surface area contributed by atoms with Gasteiger partial charge in [0.05, 0.1) is 12.7 Å². The number of ether oxygens (including phenoxy) is 2. The Kier molecular flexibility index (Phi) is 7.15. The van der Waals surface area contributed by atoms with E-state index in [0.29, 0.717) is 17.2 Å². The lowest BCUT2D eigenvalue weighted by Crippen LogP contribution is -2.26. The van der Waals surface area contributed by atoms with E-state index in [1.165, 1.54) is 18.2 Å². The summed E-state index contributed by atoms with van der Waals surface area (Å²) in [5.41, 5.74) is 5.44. The Balaban J connectivity index is 1.40. The number of benzene rings is 2. The molecule has 1 aliphatic rings. The van der Waals surface area contributed by atoms with Gasteiger partial charge in [0.1, 0.15) is 17.8 Å². The number of hydrogen-bond donors (Lipinski definition) is 1. The summed E-state index contributed by atoms with van der Waals surface area (Å²) in [6, 6.07) is 15.7. The van der Waals surface area contributed by atoms with E-state index in [-0.39, 0.29) is 12.6 Å². The van der Waals surface area contributed by atoms with Gasteiger partial charge in [-0.2, -0.15) is 5.10 Å². The molecule has 0 bridgehead atoms. The van der Waals surface area contributed by atoms with Crippen molar-refractivity contribution in [3.63, 3.8) is 0 Å². The van der Waals surface area contributed by atoms with Crippen molar-refractivity contribution in [2.45, 2.75) is 51.8 Å². The largest absolute Gasteiger partial charge is 0.465 e. The average Bonchev–Trinajstić information content (AvgIpc) is 3.51. The van der Waals surface area contributed by atoms with Crippen LogP contribution in [-0.4, -0.2) is 50.4 Å². The van der Waals surface area contributed by atoms with Crippen molar-refractivity contribution >= 4 is 17.9 Å². The number of nitrogens with zero attached hydrogens (tertiary/aromatic N) is 4. The highest BCUT2D eigenvalue weighted by Crippen LogP contribution is 2.31. The van der Waals surface area contributed by atoms with Crippen LogP contribution >= 0.6 is 0 Å². The topological polar surface area (TPSA) is 108 Å². The van der Waals surface area contributed by atoms with E-state index in [2.05, 4.69) is 44.6 Å². The molecule has 5 rings (SSSR count). The molecule has 0 saturated heterocycles. The van der Waals surface area contributed by atoms with Gasteiger partial charge in [-0.1, -0.05) is 36.4 Å². The fraction of sp³-hybridized carbons (Fsp3) is 0.300. The summed E-state index contributed by atoms with van der Waals surface area (Å²) in [5.74, 6) is -0.252. The third-order valence-corrected chi connectivity index (χ3v) is 6.40. The van der Waals surface area contributed by atoms with Crippen molar-refractivity contribution in [3.8, 4) is 22.4 Å². The van der Waals surface area contributed by atoms with Crippen LogP contribution < -0.4 is 5.32 Å². The highest BCUT2D eigenvalue weighted by molar-refractivity contribution is 5.90.